The molecule has 3 heteroatoms. The SMILES string of the molecule is C=C(C)C(NCC)c1ccc(OCC)c(OCC)c1. The Hall–Kier alpha value is -1.48. The van der Waals surface area contributed by atoms with Gasteiger partial charge in [0.2, 0.25) is 0 Å². The highest BCUT2D eigenvalue weighted by molar-refractivity contribution is 5.45. The molecule has 1 N–H and O–H groups in total. The Morgan fingerprint density at radius 1 is 1.16 bits per heavy atom. The first-order valence-electron chi connectivity index (χ1n) is 6.92. The molecule has 1 aromatic rings. The van der Waals surface area contributed by atoms with Gasteiger partial charge in [-0.05, 0) is 45.0 Å². The second kappa shape index (κ2) is 7.85. The minimum atomic E-state index is 0.153. The van der Waals surface area contributed by atoms with E-state index in [-0.39, 0.29) is 6.04 Å². The molecule has 0 radical (unpaired) electrons. The molecule has 1 atom stereocenters. The molecule has 1 rings (SSSR count). The molecule has 3 nitrogen and oxygen atoms in total. The van der Waals surface area contributed by atoms with Gasteiger partial charge in [0.15, 0.2) is 11.5 Å². The van der Waals surface area contributed by atoms with Crippen LogP contribution in [0.15, 0.2) is 30.4 Å². The lowest BCUT2D eigenvalue weighted by Gasteiger charge is -2.20. The Labute approximate surface area is 116 Å². The molecule has 0 aliphatic carbocycles. The monoisotopic (exact) mass is 263 g/mol. The molecule has 0 spiro atoms. The van der Waals surface area contributed by atoms with Crippen molar-refractivity contribution in [3.05, 3.63) is 35.9 Å². The summed E-state index contributed by atoms with van der Waals surface area (Å²) < 4.78 is 11.2. The first-order valence-corrected chi connectivity index (χ1v) is 6.92. The van der Waals surface area contributed by atoms with E-state index >= 15 is 0 Å². The van der Waals surface area contributed by atoms with E-state index in [2.05, 4.69) is 24.9 Å². The fraction of sp³-hybridized carbons (Fsp3) is 0.500. The van der Waals surface area contributed by atoms with Gasteiger partial charge in [0.05, 0.1) is 19.3 Å². The summed E-state index contributed by atoms with van der Waals surface area (Å²) in [6.07, 6.45) is 0. The molecule has 1 unspecified atom stereocenters. The maximum atomic E-state index is 5.66. The average molecular weight is 263 g/mol. The predicted molar refractivity (Wildman–Crippen MR) is 80.0 cm³/mol. The van der Waals surface area contributed by atoms with E-state index in [0.29, 0.717) is 13.2 Å². The van der Waals surface area contributed by atoms with Crippen LogP contribution >= 0.6 is 0 Å². The summed E-state index contributed by atoms with van der Waals surface area (Å²) in [4.78, 5) is 0. The van der Waals surface area contributed by atoms with Crippen molar-refractivity contribution in [3.8, 4) is 11.5 Å². The quantitative estimate of drug-likeness (QED) is 0.725. The van der Waals surface area contributed by atoms with Crippen LogP contribution in [-0.4, -0.2) is 19.8 Å². The average Bonchev–Trinajstić information content (AvgIpc) is 2.38. The van der Waals surface area contributed by atoms with E-state index < -0.39 is 0 Å². The van der Waals surface area contributed by atoms with Crippen LogP contribution in [-0.2, 0) is 0 Å². The van der Waals surface area contributed by atoms with Crippen LogP contribution in [0.25, 0.3) is 0 Å². The molecular formula is C16H25NO2. The summed E-state index contributed by atoms with van der Waals surface area (Å²) in [7, 11) is 0. The van der Waals surface area contributed by atoms with Gasteiger partial charge >= 0.3 is 0 Å². The van der Waals surface area contributed by atoms with Gasteiger partial charge in [-0.3, -0.25) is 0 Å². The second-order valence-electron chi connectivity index (χ2n) is 4.41. The van der Waals surface area contributed by atoms with E-state index in [9.17, 15) is 0 Å². The molecule has 1 aromatic carbocycles. The van der Waals surface area contributed by atoms with Crippen molar-refractivity contribution in [1.82, 2.24) is 5.32 Å². The first kappa shape index (κ1) is 15.6. The zero-order valence-corrected chi connectivity index (χ0v) is 12.5. The number of ether oxygens (including phenoxy) is 2. The van der Waals surface area contributed by atoms with Crippen molar-refractivity contribution >= 4 is 0 Å². The van der Waals surface area contributed by atoms with Gasteiger partial charge in [0.1, 0.15) is 0 Å². The molecule has 0 fully saturated rings. The molecule has 0 saturated carbocycles. The van der Waals surface area contributed by atoms with Crippen LogP contribution in [0.4, 0.5) is 0 Å². The van der Waals surface area contributed by atoms with Gasteiger partial charge in [0.25, 0.3) is 0 Å². The summed E-state index contributed by atoms with van der Waals surface area (Å²) in [5.74, 6) is 1.59. The zero-order valence-electron chi connectivity index (χ0n) is 12.5. The molecule has 19 heavy (non-hydrogen) atoms. The Kier molecular flexibility index (Phi) is 6.43. The van der Waals surface area contributed by atoms with Crippen molar-refractivity contribution in [2.75, 3.05) is 19.8 Å². The fourth-order valence-electron chi connectivity index (χ4n) is 2.03. The van der Waals surface area contributed by atoms with Crippen LogP contribution in [0, 0.1) is 0 Å². The third kappa shape index (κ3) is 4.28. The van der Waals surface area contributed by atoms with Crippen LogP contribution in [0.2, 0.25) is 0 Å². The highest BCUT2D eigenvalue weighted by atomic mass is 16.5. The maximum Gasteiger partial charge on any atom is 0.161 e. The molecule has 0 saturated heterocycles. The van der Waals surface area contributed by atoms with E-state index in [1.807, 2.05) is 32.9 Å². The minimum Gasteiger partial charge on any atom is -0.490 e. The van der Waals surface area contributed by atoms with Crippen LogP contribution in [0.1, 0.15) is 39.3 Å². The number of hydrogen-bond donors (Lipinski definition) is 1. The molecule has 0 bridgehead atoms. The van der Waals surface area contributed by atoms with Crippen LogP contribution in [0.5, 0.6) is 11.5 Å². The third-order valence-electron chi connectivity index (χ3n) is 2.80. The predicted octanol–water partition coefficient (Wildman–Crippen LogP) is 3.71. The molecular weight excluding hydrogens is 238 g/mol. The molecule has 0 aliphatic heterocycles. The number of likely N-dealkylation sites (N-methyl/N-ethyl adjacent to an activating group) is 1. The van der Waals surface area contributed by atoms with E-state index in [1.165, 1.54) is 0 Å². The molecule has 106 valence electrons. The van der Waals surface area contributed by atoms with Crippen LogP contribution < -0.4 is 14.8 Å². The number of nitrogens with one attached hydrogen (secondary N) is 1. The van der Waals surface area contributed by atoms with Crippen molar-refractivity contribution < 1.29 is 9.47 Å². The third-order valence-corrected chi connectivity index (χ3v) is 2.80. The summed E-state index contributed by atoms with van der Waals surface area (Å²) in [6, 6.07) is 6.23. The lowest BCUT2D eigenvalue weighted by atomic mass is 10.0. The first-order chi connectivity index (χ1) is 9.13. The van der Waals surface area contributed by atoms with Gasteiger partial charge in [-0.2, -0.15) is 0 Å². The zero-order chi connectivity index (χ0) is 14.3. The number of rotatable bonds is 8. The second-order valence-corrected chi connectivity index (χ2v) is 4.41. The minimum absolute atomic E-state index is 0.153. The molecule has 0 heterocycles. The van der Waals surface area contributed by atoms with Crippen LogP contribution in [0.3, 0.4) is 0 Å². The Morgan fingerprint density at radius 2 is 1.79 bits per heavy atom. The Morgan fingerprint density at radius 3 is 2.32 bits per heavy atom. The summed E-state index contributed by atoms with van der Waals surface area (Å²) in [5, 5.41) is 3.42. The van der Waals surface area contributed by atoms with Gasteiger partial charge in [-0.1, -0.05) is 25.1 Å². The normalized spacial score (nSPS) is 12.0. The standard InChI is InChI=1S/C16H25NO2/c1-6-17-16(12(4)5)13-9-10-14(18-7-2)15(11-13)19-8-3/h9-11,16-17H,4,6-8H2,1-3,5H3. The fourth-order valence-corrected chi connectivity index (χ4v) is 2.03. The topological polar surface area (TPSA) is 30.5 Å². The highest BCUT2D eigenvalue weighted by Gasteiger charge is 2.14. The van der Waals surface area contributed by atoms with E-state index in [0.717, 1.165) is 29.2 Å². The van der Waals surface area contributed by atoms with Crippen molar-refractivity contribution in [2.45, 2.75) is 33.7 Å². The summed E-state index contributed by atoms with van der Waals surface area (Å²) in [6.45, 7) is 14.3. The largest absolute Gasteiger partial charge is 0.490 e. The van der Waals surface area contributed by atoms with E-state index in [1.54, 1.807) is 0 Å². The molecule has 0 amide bonds. The van der Waals surface area contributed by atoms with Gasteiger partial charge in [-0.25, -0.2) is 0 Å². The summed E-state index contributed by atoms with van der Waals surface area (Å²) >= 11 is 0. The summed E-state index contributed by atoms with van der Waals surface area (Å²) in [5.41, 5.74) is 2.25. The van der Waals surface area contributed by atoms with Gasteiger partial charge in [0, 0.05) is 0 Å². The maximum absolute atomic E-state index is 5.66. The number of benzene rings is 1. The smallest absolute Gasteiger partial charge is 0.161 e. The van der Waals surface area contributed by atoms with Gasteiger partial charge < -0.3 is 14.8 Å². The number of hydrogen-bond acceptors (Lipinski definition) is 3. The molecule has 0 aliphatic rings. The highest BCUT2D eigenvalue weighted by Crippen LogP contribution is 2.32. The Balaban J connectivity index is 3.07. The molecule has 0 aromatic heterocycles. The lowest BCUT2D eigenvalue weighted by Crippen LogP contribution is -2.21. The van der Waals surface area contributed by atoms with Crippen molar-refractivity contribution in [2.24, 2.45) is 0 Å². The van der Waals surface area contributed by atoms with Crippen molar-refractivity contribution in [3.63, 3.8) is 0 Å². The van der Waals surface area contributed by atoms with Crippen molar-refractivity contribution in [1.29, 1.82) is 0 Å². The lowest BCUT2D eigenvalue weighted by molar-refractivity contribution is 0.287. The van der Waals surface area contributed by atoms with Gasteiger partial charge in [-0.15, -0.1) is 0 Å². The Bertz CT molecular complexity index is 415. The van der Waals surface area contributed by atoms with E-state index in [4.69, 9.17) is 9.47 Å².